The number of benzene rings is 1. The molecule has 0 radical (unpaired) electrons. The van der Waals surface area contributed by atoms with Gasteiger partial charge in [-0.25, -0.2) is 4.98 Å². The molecule has 1 aromatic carbocycles. The van der Waals surface area contributed by atoms with Crippen LogP contribution in [0, 0.1) is 6.92 Å². The van der Waals surface area contributed by atoms with E-state index in [1.54, 1.807) is 24.4 Å². The number of fused-ring (bicyclic) bond motifs is 1. The second-order valence-corrected chi connectivity index (χ2v) is 7.41. The first kappa shape index (κ1) is 22.3. The number of ether oxygens (including phenoxy) is 2. The predicted molar refractivity (Wildman–Crippen MR) is 119 cm³/mol. The molecule has 0 aliphatic heterocycles. The molecule has 0 aliphatic carbocycles. The maximum atomic E-state index is 12.5. The van der Waals surface area contributed by atoms with E-state index in [9.17, 15) is 9.59 Å². The summed E-state index contributed by atoms with van der Waals surface area (Å²) in [5.41, 5.74) is 2.76. The number of quaternary nitrogens is 1. The van der Waals surface area contributed by atoms with Crippen LogP contribution in [0.1, 0.15) is 25.1 Å². The first-order valence-corrected chi connectivity index (χ1v) is 10.4. The average Bonchev–Trinajstić information content (AvgIpc) is 2.70. The van der Waals surface area contributed by atoms with Gasteiger partial charge < -0.3 is 19.7 Å². The van der Waals surface area contributed by atoms with Crippen molar-refractivity contribution in [3.63, 3.8) is 0 Å². The number of amides is 1. The van der Waals surface area contributed by atoms with Crippen molar-refractivity contribution >= 4 is 17.2 Å². The topological polar surface area (TPSA) is 86.4 Å². The predicted octanol–water partition coefficient (Wildman–Crippen LogP) is 1.45. The zero-order valence-electron chi connectivity index (χ0n) is 18.4. The Labute approximate surface area is 181 Å². The first-order chi connectivity index (χ1) is 14.9. The summed E-state index contributed by atoms with van der Waals surface area (Å²) in [6, 6.07) is 10.6. The summed E-state index contributed by atoms with van der Waals surface area (Å²) < 4.78 is 12.7. The van der Waals surface area contributed by atoms with Crippen LogP contribution in [0.25, 0.3) is 5.65 Å². The van der Waals surface area contributed by atoms with E-state index in [4.69, 9.17) is 9.47 Å². The number of carbonyl (C=O) groups excluding carboxylic acids is 1. The Bertz CT molecular complexity index is 1130. The summed E-state index contributed by atoms with van der Waals surface area (Å²) in [6.07, 6.45) is 1.77. The fraction of sp³-hybridized carbons (Fsp3) is 0.348. The maximum absolute atomic E-state index is 12.5. The lowest BCUT2D eigenvalue weighted by Crippen LogP contribution is -3.08. The van der Waals surface area contributed by atoms with Gasteiger partial charge >= 0.3 is 0 Å². The SMILES string of the molecule is CCOc1ccc(NC(=O)C[NH+](C)Cc2cc(=O)n3cc(C)ccc3n2)cc1OCC. The fourth-order valence-corrected chi connectivity index (χ4v) is 3.33. The van der Waals surface area contributed by atoms with Crippen molar-refractivity contribution in [1.29, 1.82) is 0 Å². The molecule has 1 unspecified atom stereocenters. The normalized spacial score (nSPS) is 11.9. The van der Waals surface area contributed by atoms with E-state index >= 15 is 0 Å². The summed E-state index contributed by atoms with van der Waals surface area (Å²) >= 11 is 0. The minimum atomic E-state index is -0.141. The van der Waals surface area contributed by atoms with Crippen molar-refractivity contribution in [3.8, 4) is 11.5 Å². The van der Waals surface area contributed by atoms with Crippen molar-refractivity contribution in [3.05, 3.63) is 64.2 Å². The molecule has 0 saturated heterocycles. The van der Waals surface area contributed by atoms with Gasteiger partial charge in [-0.15, -0.1) is 0 Å². The smallest absolute Gasteiger partial charge is 0.279 e. The Morgan fingerprint density at radius 1 is 1.10 bits per heavy atom. The minimum absolute atomic E-state index is 0.126. The fourth-order valence-electron chi connectivity index (χ4n) is 3.33. The van der Waals surface area contributed by atoms with Gasteiger partial charge in [-0.2, -0.15) is 0 Å². The van der Waals surface area contributed by atoms with Gasteiger partial charge in [0.1, 0.15) is 17.9 Å². The van der Waals surface area contributed by atoms with Crippen LogP contribution >= 0.6 is 0 Å². The zero-order valence-corrected chi connectivity index (χ0v) is 18.4. The van der Waals surface area contributed by atoms with Gasteiger partial charge in [0.25, 0.3) is 11.5 Å². The number of pyridine rings is 1. The monoisotopic (exact) mass is 425 g/mol. The van der Waals surface area contributed by atoms with Crippen LogP contribution in [0.2, 0.25) is 0 Å². The van der Waals surface area contributed by atoms with Gasteiger partial charge in [-0.3, -0.25) is 14.0 Å². The highest BCUT2D eigenvalue weighted by Crippen LogP contribution is 2.30. The molecule has 8 heteroatoms. The molecule has 2 aromatic heterocycles. The average molecular weight is 426 g/mol. The Balaban J connectivity index is 1.64. The zero-order chi connectivity index (χ0) is 22.4. The maximum Gasteiger partial charge on any atom is 0.279 e. The van der Waals surface area contributed by atoms with Crippen molar-refractivity contribution < 1.29 is 19.2 Å². The summed E-state index contributed by atoms with van der Waals surface area (Å²) in [6.45, 7) is 7.45. The largest absolute Gasteiger partial charge is 0.490 e. The van der Waals surface area contributed by atoms with Crippen LogP contribution in [0.5, 0.6) is 11.5 Å². The molecule has 2 heterocycles. The van der Waals surface area contributed by atoms with E-state index in [0.29, 0.717) is 48.3 Å². The molecule has 1 amide bonds. The molecule has 0 saturated carbocycles. The molecule has 8 nitrogen and oxygen atoms in total. The lowest BCUT2D eigenvalue weighted by Gasteiger charge is -2.15. The number of hydrogen-bond donors (Lipinski definition) is 2. The number of anilines is 1. The number of nitrogens with one attached hydrogen (secondary N) is 2. The second kappa shape index (κ2) is 10.1. The number of hydrogen-bond acceptors (Lipinski definition) is 5. The molecule has 0 aliphatic rings. The van der Waals surface area contributed by atoms with E-state index in [1.807, 2.05) is 40.0 Å². The van der Waals surface area contributed by atoms with Crippen molar-refractivity contribution in [1.82, 2.24) is 9.38 Å². The summed E-state index contributed by atoms with van der Waals surface area (Å²) in [4.78, 5) is 30.3. The van der Waals surface area contributed by atoms with Crippen molar-refractivity contribution in [2.45, 2.75) is 27.3 Å². The van der Waals surface area contributed by atoms with E-state index < -0.39 is 0 Å². The molecular formula is C23H29N4O4+. The van der Waals surface area contributed by atoms with Crippen molar-refractivity contribution in [2.24, 2.45) is 0 Å². The van der Waals surface area contributed by atoms with Crippen LogP contribution in [0.15, 0.2) is 47.4 Å². The third-order valence-electron chi connectivity index (χ3n) is 4.63. The van der Waals surface area contributed by atoms with Gasteiger partial charge in [0.05, 0.1) is 20.3 Å². The van der Waals surface area contributed by atoms with Gasteiger partial charge in [-0.05, 0) is 44.5 Å². The highest BCUT2D eigenvalue weighted by molar-refractivity contribution is 5.91. The van der Waals surface area contributed by atoms with Crippen LogP contribution in [-0.2, 0) is 11.3 Å². The molecule has 164 valence electrons. The third kappa shape index (κ3) is 5.82. The number of carbonyl (C=O) groups is 1. The number of nitrogens with zero attached hydrogens (tertiary/aromatic N) is 2. The lowest BCUT2D eigenvalue weighted by atomic mass is 10.2. The van der Waals surface area contributed by atoms with Crippen LogP contribution in [0.4, 0.5) is 5.69 Å². The molecule has 1 atom stereocenters. The molecule has 0 spiro atoms. The standard InChI is InChI=1S/C23H28N4O4/c1-5-30-19-9-8-17(11-20(19)31-6-2)25-22(28)15-26(4)14-18-12-23(29)27-13-16(3)7-10-21(27)24-18/h7-13H,5-6,14-15H2,1-4H3,(H,25,28)/p+1. The molecule has 31 heavy (non-hydrogen) atoms. The summed E-state index contributed by atoms with van der Waals surface area (Å²) in [5.74, 6) is 1.10. The Kier molecular flexibility index (Phi) is 7.25. The van der Waals surface area contributed by atoms with Crippen LogP contribution in [0.3, 0.4) is 0 Å². The summed E-state index contributed by atoms with van der Waals surface area (Å²) in [5, 5.41) is 2.89. The number of rotatable bonds is 9. The van der Waals surface area contributed by atoms with E-state index in [-0.39, 0.29) is 18.0 Å². The highest BCUT2D eigenvalue weighted by Gasteiger charge is 2.14. The molecule has 0 bridgehead atoms. The Morgan fingerprint density at radius 3 is 2.58 bits per heavy atom. The minimum Gasteiger partial charge on any atom is -0.490 e. The van der Waals surface area contributed by atoms with Crippen LogP contribution in [-0.4, -0.2) is 42.1 Å². The summed E-state index contributed by atoms with van der Waals surface area (Å²) in [7, 11) is 1.89. The lowest BCUT2D eigenvalue weighted by molar-refractivity contribution is -0.885. The van der Waals surface area contributed by atoms with Gasteiger partial charge in [-0.1, -0.05) is 6.07 Å². The molecular weight excluding hydrogens is 396 g/mol. The number of aromatic nitrogens is 2. The number of aryl methyl sites for hydroxylation is 1. The molecule has 2 N–H and O–H groups in total. The first-order valence-electron chi connectivity index (χ1n) is 10.4. The van der Waals surface area contributed by atoms with Gasteiger partial charge in [0.2, 0.25) is 0 Å². The third-order valence-corrected chi connectivity index (χ3v) is 4.63. The highest BCUT2D eigenvalue weighted by atomic mass is 16.5. The van der Waals surface area contributed by atoms with E-state index in [0.717, 1.165) is 10.5 Å². The van der Waals surface area contributed by atoms with E-state index in [1.165, 1.54) is 10.5 Å². The molecule has 3 rings (SSSR count). The second-order valence-electron chi connectivity index (χ2n) is 7.41. The quantitative estimate of drug-likeness (QED) is 0.542. The van der Waals surface area contributed by atoms with Gasteiger partial charge in [0, 0.05) is 24.0 Å². The number of likely N-dealkylation sites (N-methyl/N-ethyl adjacent to an activating group) is 1. The molecule has 0 fully saturated rings. The van der Waals surface area contributed by atoms with Crippen molar-refractivity contribution in [2.75, 3.05) is 32.1 Å². The Morgan fingerprint density at radius 2 is 1.84 bits per heavy atom. The van der Waals surface area contributed by atoms with Gasteiger partial charge in [0.15, 0.2) is 18.0 Å². The Hall–Kier alpha value is -3.39. The van der Waals surface area contributed by atoms with Crippen LogP contribution < -0.4 is 25.2 Å². The molecule has 3 aromatic rings. The van der Waals surface area contributed by atoms with E-state index in [2.05, 4.69) is 10.3 Å².